The van der Waals surface area contributed by atoms with Gasteiger partial charge in [-0.2, -0.15) is 0 Å². The van der Waals surface area contributed by atoms with E-state index in [2.05, 4.69) is 0 Å². The molecular formula is C15H20ClNO2. The number of rotatable bonds is 4. The molecule has 0 spiro atoms. The average molecular weight is 282 g/mol. The van der Waals surface area contributed by atoms with Gasteiger partial charge in [0.2, 0.25) is 0 Å². The van der Waals surface area contributed by atoms with E-state index in [0.717, 1.165) is 25.1 Å². The molecule has 0 saturated carbocycles. The van der Waals surface area contributed by atoms with E-state index in [-0.39, 0.29) is 18.1 Å². The van der Waals surface area contributed by atoms with Crippen LogP contribution in [0, 0.1) is 0 Å². The molecule has 1 heterocycles. The van der Waals surface area contributed by atoms with E-state index in [0.29, 0.717) is 11.4 Å². The van der Waals surface area contributed by atoms with Crippen LogP contribution in [0.2, 0.25) is 0 Å². The van der Waals surface area contributed by atoms with Gasteiger partial charge in [0.05, 0.1) is 6.10 Å². The highest BCUT2D eigenvalue weighted by atomic mass is 35.5. The minimum Gasteiger partial charge on any atom is -0.491 e. The number of ether oxygens (including phenoxy) is 1. The fourth-order valence-electron chi connectivity index (χ4n) is 2.40. The third kappa shape index (κ3) is 3.41. The van der Waals surface area contributed by atoms with Crippen molar-refractivity contribution in [2.75, 3.05) is 12.4 Å². The summed E-state index contributed by atoms with van der Waals surface area (Å²) in [5.74, 6) is 1.30. The lowest BCUT2D eigenvalue weighted by Crippen LogP contribution is -2.36. The number of halogens is 1. The fourth-order valence-corrected chi connectivity index (χ4v) is 2.72. The van der Waals surface area contributed by atoms with E-state index < -0.39 is 0 Å². The third-order valence-corrected chi connectivity index (χ3v) is 3.63. The summed E-state index contributed by atoms with van der Waals surface area (Å²) in [6, 6.07) is 7.55. The van der Waals surface area contributed by atoms with Gasteiger partial charge in [0.1, 0.15) is 5.75 Å². The van der Waals surface area contributed by atoms with Crippen LogP contribution >= 0.6 is 11.6 Å². The molecule has 0 aliphatic carbocycles. The molecule has 1 aliphatic heterocycles. The maximum atomic E-state index is 12.5. The van der Waals surface area contributed by atoms with Gasteiger partial charge in [0, 0.05) is 24.0 Å². The van der Waals surface area contributed by atoms with Crippen LogP contribution in [-0.4, -0.2) is 35.4 Å². The second-order valence-corrected chi connectivity index (χ2v) is 5.45. The molecule has 0 radical (unpaired) electrons. The molecule has 1 aromatic rings. The zero-order valence-electron chi connectivity index (χ0n) is 11.4. The van der Waals surface area contributed by atoms with Crippen molar-refractivity contribution in [2.24, 2.45) is 0 Å². The predicted molar refractivity (Wildman–Crippen MR) is 77.0 cm³/mol. The molecule has 3 nitrogen and oxygen atoms in total. The Hall–Kier alpha value is -1.22. The van der Waals surface area contributed by atoms with Gasteiger partial charge in [-0.15, -0.1) is 11.6 Å². The molecule has 1 aromatic carbocycles. The average Bonchev–Trinajstić information content (AvgIpc) is 2.85. The van der Waals surface area contributed by atoms with Crippen LogP contribution < -0.4 is 4.74 Å². The number of nitrogens with zero attached hydrogens (tertiary/aromatic N) is 1. The van der Waals surface area contributed by atoms with Crippen molar-refractivity contribution in [3.8, 4) is 5.75 Å². The Labute approximate surface area is 119 Å². The molecule has 19 heavy (non-hydrogen) atoms. The summed E-state index contributed by atoms with van der Waals surface area (Å²) in [5.41, 5.74) is 0.676. The van der Waals surface area contributed by atoms with Crippen LogP contribution in [0.3, 0.4) is 0 Å². The van der Waals surface area contributed by atoms with E-state index >= 15 is 0 Å². The molecule has 1 atom stereocenters. The number of amides is 1. The Kier molecular flexibility index (Phi) is 4.70. The lowest BCUT2D eigenvalue weighted by molar-refractivity contribution is 0.0748. The van der Waals surface area contributed by atoms with Crippen molar-refractivity contribution < 1.29 is 9.53 Å². The summed E-state index contributed by atoms with van der Waals surface area (Å²) in [4.78, 5) is 14.3. The first kappa shape index (κ1) is 14.2. The van der Waals surface area contributed by atoms with Crippen LogP contribution in [0.25, 0.3) is 0 Å². The Morgan fingerprint density at radius 1 is 1.53 bits per heavy atom. The van der Waals surface area contributed by atoms with Crippen LogP contribution in [-0.2, 0) is 0 Å². The van der Waals surface area contributed by atoms with Crippen LogP contribution in [0.5, 0.6) is 5.75 Å². The van der Waals surface area contributed by atoms with Gasteiger partial charge in [-0.05, 0) is 44.9 Å². The molecule has 104 valence electrons. The Morgan fingerprint density at radius 2 is 2.32 bits per heavy atom. The van der Waals surface area contributed by atoms with Crippen molar-refractivity contribution >= 4 is 17.5 Å². The molecular weight excluding hydrogens is 262 g/mol. The minimum absolute atomic E-state index is 0.0531. The summed E-state index contributed by atoms with van der Waals surface area (Å²) >= 11 is 5.92. The number of benzene rings is 1. The second kappa shape index (κ2) is 6.29. The van der Waals surface area contributed by atoms with Gasteiger partial charge >= 0.3 is 0 Å². The molecule has 0 aromatic heterocycles. The van der Waals surface area contributed by atoms with Crippen LogP contribution in [0.15, 0.2) is 24.3 Å². The lowest BCUT2D eigenvalue weighted by Gasteiger charge is -2.23. The summed E-state index contributed by atoms with van der Waals surface area (Å²) in [6.07, 6.45) is 2.13. The van der Waals surface area contributed by atoms with Gasteiger partial charge < -0.3 is 9.64 Å². The molecule has 1 aliphatic rings. The standard InChI is InChI=1S/C15H20ClNO2/c1-11(2)19-14-7-3-5-12(9-14)15(18)17-8-4-6-13(17)10-16/h3,5,7,9,11,13H,4,6,8,10H2,1-2H3. The number of hydrogen-bond acceptors (Lipinski definition) is 2. The van der Waals surface area contributed by atoms with Gasteiger partial charge in [0.25, 0.3) is 5.91 Å². The number of hydrogen-bond donors (Lipinski definition) is 0. The first-order valence-corrected chi connectivity index (χ1v) is 7.29. The van der Waals surface area contributed by atoms with E-state index in [1.165, 1.54) is 0 Å². The monoisotopic (exact) mass is 281 g/mol. The van der Waals surface area contributed by atoms with Crippen molar-refractivity contribution in [2.45, 2.75) is 38.8 Å². The molecule has 0 bridgehead atoms. The van der Waals surface area contributed by atoms with Gasteiger partial charge in [0.15, 0.2) is 0 Å². The predicted octanol–water partition coefficient (Wildman–Crippen LogP) is 3.32. The molecule has 0 N–H and O–H groups in total. The van der Waals surface area contributed by atoms with Gasteiger partial charge in [-0.25, -0.2) is 0 Å². The highest BCUT2D eigenvalue weighted by Crippen LogP contribution is 2.23. The van der Waals surface area contributed by atoms with E-state index in [1.807, 2.05) is 43.0 Å². The Morgan fingerprint density at radius 3 is 3.00 bits per heavy atom. The van der Waals surface area contributed by atoms with Crippen molar-refractivity contribution in [1.82, 2.24) is 4.90 Å². The Balaban J connectivity index is 2.14. The summed E-state index contributed by atoms with van der Waals surface area (Å²) < 4.78 is 5.62. The highest BCUT2D eigenvalue weighted by molar-refractivity contribution is 6.18. The third-order valence-electron chi connectivity index (χ3n) is 3.27. The molecule has 1 unspecified atom stereocenters. The topological polar surface area (TPSA) is 29.5 Å². The summed E-state index contributed by atoms with van der Waals surface area (Å²) in [5, 5.41) is 0. The van der Waals surface area contributed by atoms with E-state index in [9.17, 15) is 4.79 Å². The van der Waals surface area contributed by atoms with Gasteiger partial charge in [-0.1, -0.05) is 6.07 Å². The number of alkyl halides is 1. The zero-order valence-corrected chi connectivity index (χ0v) is 12.2. The maximum Gasteiger partial charge on any atom is 0.254 e. The van der Waals surface area contributed by atoms with Gasteiger partial charge in [-0.3, -0.25) is 4.79 Å². The quantitative estimate of drug-likeness (QED) is 0.793. The number of carbonyl (C=O) groups is 1. The number of carbonyl (C=O) groups excluding carboxylic acids is 1. The van der Waals surface area contributed by atoms with Crippen LogP contribution in [0.4, 0.5) is 0 Å². The summed E-state index contributed by atoms with van der Waals surface area (Å²) in [6.45, 7) is 4.74. The molecule has 4 heteroatoms. The van der Waals surface area contributed by atoms with E-state index in [4.69, 9.17) is 16.3 Å². The first-order chi connectivity index (χ1) is 9.11. The molecule has 1 fully saturated rings. The minimum atomic E-state index is 0.0531. The normalized spacial score (nSPS) is 18.9. The lowest BCUT2D eigenvalue weighted by atomic mass is 10.1. The first-order valence-electron chi connectivity index (χ1n) is 6.75. The smallest absolute Gasteiger partial charge is 0.254 e. The Bertz CT molecular complexity index is 448. The zero-order chi connectivity index (χ0) is 13.8. The van der Waals surface area contributed by atoms with Crippen LogP contribution in [0.1, 0.15) is 37.0 Å². The summed E-state index contributed by atoms with van der Waals surface area (Å²) in [7, 11) is 0. The second-order valence-electron chi connectivity index (χ2n) is 5.14. The highest BCUT2D eigenvalue weighted by Gasteiger charge is 2.28. The molecule has 2 rings (SSSR count). The van der Waals surface area contributed by atoms with Crippen molar-refractivity contribution in [1.29, 1.82) is 0 Å². The van der Waals surface area contributed by atoms with Crippen molar-refractivity contribution in [3.05, 3.63) is 29.8 Å². The molecule has 1 saturated heterocycles. The largest absolute Gasteiger partial charge is 0.491 e. The number of likely N-dealkylation sites (tertiary alicyclic amines) is 1. The van der Waals surface area contributed by atoms with E-state index in [1.54, 1.807) is 0 Å². The maximum absolute atomic E-state index is 12.5. The molecule has 1 amide bonds. The fraction of sp³-hybridized carbons (Fsp3) is 0.533. The SMILES string of the molecule is CC(C)Oc1cccc(C(=O)N2CCCC2CCl)c1. The van der Waals surface area contributed by atoms with Crippen molar-refractivity contribution in [3.63, 3.8) is 0 Å².